The fourth-order valence-electron chi connectivity index (χ4n) is 2.44. The van der Waals surface area contributed by atoms with Crippen LogP contribution >= 0.6 is 54.5 Å². The number of aromatic nitrogens is 6. The smallest absolute Gasteiger partial charge is 1.00 e. The summed E-state index contributed by atoms with van der Waals surface area (Å²) in [6.45, 7) is 10.8. The van der Waals surface area contributed by atoms with Crippen molar-refractivity contribution in [2.24, 2.45) is 0 Å². The molecule has 0 aliphatic rings. The SMILES string of the molecule is CC(C)(C)OC(=O)Cc1nccs1.CC(C)(C)OC(=O)N(c1ncc(Br)cn1)c1nccs1.Fc1ncc(Br)cn1.O=CO[O-].[H-].[K+].[K+]. The van der Waals surface area contributed by atoms with Crippen molar-refractivity contribution in [1.82, 2.24) is 29.9 Å². The van der Waals surface area contributed by atoms with E-state index >= 15 is 0 Å². The van der Waals surface area contributed by atoms with Gasteiger partial charge in [-0.15, -0.1) is 22.7 Å². The number of halogens is 3. The van der Waals surface area contributed by atoms with Crippen LogP contribution in [0.15, 0.2) is 56.9 Å². The second kappa shape index (κ2) is 25.7. The molecule has 0 saturated carbocycles. The molecule has 4 rings (SSSR count). The van der Waals surface area contributed by atoms with Crippen molar-refractivity contribution in [3.8, 4) is 0 Å². The molecule has 0 aromatic carbocycles. The molecule has 4 heterocycles. The summed E-state index contributed by atoms with van der Waals surface area (Å²) in [5, 5.41) is 13.3. The number of anilines is 2. The maximum Gasteiger partial charge on any atom is 1.00 e. The van der Waals surface area contributed by atoms with Crippen molar-refractivity contribution in [3.63, 3.8) is 0 Å². The Balaban J connectivity index is -0.000000625. The van der Waals surface area contributed by atoms with Crippen molar-refractivity contribution in [3.05, 3.63) is 68.0 Å². The standard InChI is InChI=1S/C12H13BrN4O2S.C9H13NO2S.C4H2BrFN2.CH2O3.2K.H/c1-12(2,3)19-11(18)17(10-14-4-5-20-10)9-15-6-8(13)7-16-9;1-9(2,3)12-8(11)6-7-10-4-5-13-7;5-3-1-7-4(6)8-2-3;2-1-4-3;;;/h4-7H,1-3H3;4-5H,6H2,1-3H3;1-2H;1,3H;;;/q;;;;2*+1;-1/p-1. The first kappa shape index (κ1) is 48.9. The minimum absolute atomic E-state index is 0. The predicted octanol–water partition coefficient (Wildman–Crippen LogP) is -0.270. The molecular formula is C26H30Br2FK2N7O7S2. The maximum absolute atomic E-state index is 12.3. The largest absolute Gasteiger partial charge is 1.00 e. The van der Waals surface area contributed by atoms with Crippen LogP contribution < -0.4 is 113 Å². The third-order valence-electron chi connectivity index (χ3n) is 3.82. The first-order valence-electron chi connectivity index (χ1n) is 12.4. The van der Waals surface area contributed by atoms with Gasteiger partial charge in [0.05, 0.1) is 15.4 Å². The van der Waals surface area contributed by atoms with E-state index in [1.807, 2.05) is 26.2 Å². The van der Waals surface area contributed by atoms with Crippen molar-refractivity contribution >= 4 is 84.1 Å². The minimum atomic E-state index is -0.701. The molecule has 0 aliphatic carbocycles. The zero-order chi connectivity index (χ0) is 34.0. The van der Waals surface area contributed by atoms with Gasteiger partial charge >= 0.3 is 121 Å². The van der Waals surface area contributed by atoms with Crippen LogP contribution in [0, 0.1) is 6.08 Å². The van der Waals surface area contributed by atoms with Crippen LogP contribution in [0.25, 0.3) is 0 Å². The molecule has 0 bridgehead atoms. The molecule has 4 aromatic heterocycles. The third-order valence-corrected chi connectivity index (χ3v) is 6.18. The predicted molar refractivity (Wildman–Crippen MR) is 170 cm³/mol. The first-order valence-corrected chi connectivity index (χ1v) is 15.7. The molecule has 0 fully saturated rings. The van der Waals surface area contributed by atoms with Crippen molar-refractivity contribution < 1.29 is 143 Å². The minimum Gasteiger partial charge on any atom is -1.00 e. The Hall–Kier alpha value is -0.247. The summed E-state index contributed by atoms with van der Waals surface area (Å²) in [5.41, 5.74) is -1.02. The Morgan fingerprint density at radius 1 is 0.872 bits per heavy atom. The van der Waals surface area contributed by atoms with Crippen LogP contribution in [0.5, 0.6) is 0 Å². The number of carbonyl (C=O) groups excluding carboxylic acids is 3. The van der Waals surface area contributed by atoms with Crippen molar-refractivity contribution in [2.75, 3.05) is 4.90 Å². The van der Waals surface area contributed by atoms with E-state index in [4.69, 9.17) is 19.5 Å². The van der Waals surface area contributed by atoms with Gasteiger partial charge in [0.1, 0.15) is 16.2 Å². The van der Waals surface area contributed by atoms with Gasteiger partial charge in [-0.25, -0.2) is 34.7 Å². The monoisotopic (exact) mass is 871 g/mol. The molecule has 0 N–H and O–H groups in total. The van der Waals surface area contributed by atoms with Gasteiger partial charge in [0.25, 0.3) is 6.47 Å². The van der Waals surface area contributed by atoms with Crippen LogP contribution in [0.4, 0.5) is 20.3 Å². The van der Waals surface area contributed by atoms with Crippen LogP contribution in [-0.2, 0) is 30.4 Å². The molecule has 0 spiro atoms. The fourth-order valence-corrected chi connectivity index (χ4v) is 4.08. The summed E-state index contributed by atoms with van der Waals surface area (Å²) in [7, 11) is 0. The molecule has 0 atom stereocenters. The number of carbonyl (C=O) groups is 3. The topological polar surface area (TPSA) is 183 Å². The number of nitrogens with zero attached hydrogens (tertiary/aromatic N) is 7. The third kappa shape index (κ3) is 23.7. The van der Waals surface area contributed by atoms with E-state index in [9.17, 15) is 14.0 Å². The molecule has 1 amide bonds. The Morgan fingerprint density at radius 3 is 1.72 bits per heavy atom. The van der Waals surface area contributed by atoms with Crippen LogP contribution in [0.3, 0.4) is 0 Å². The van der Waals surface area contributed by atoms with Crippen LogP contribution in [0.2, 0.25) is 0 Å². The second-order valence-corrected chi connectivity index (χ2v) is 13.6. The van der Waals surface area contributed by atoms with Gasteiger partial charge in [0.15, 0.2) is 0 Å². The van der Waals surface area contributed by atoms with Crippen molar-refractivity contribution in [2.45, 2.75) is 59.2 Å². The molecule has 0 radical (unpaired) electrons. The van der Waals surface area contributed by atoms with E-state index in [0.717, 1.165) is 9.48 Å². The first-order chi connectivity index (χ1) is 21.0. The van der Waals surface area contributed by atoms with Crippen LogP contribution in [0.1, 0.15) is 48.0 Å². The molecule has 0 saturated heterocycles. The molecule has 246 valence electrons. The maximum atomic E-state index is 12.3. The van der Waals surface area contributed by atoms with E-state index in [0.29, 0.717) is 9.60 Å². The van der Waals surface area contributed by atoms with E-state index in [2.05, 4.69) is 66.7 Å². The molecular weight excluding hydrogens is 843 g/mol. The fraction of sp³-hybridized carbons (Fsp3) is 0.346. The zero-order valence-corrected chi connectivity index (χ0v) is 37.9. The normalized spacial score (nSPS) is 9.91. The molecule has 14 nitrogen and oxygen atoms in total. The quantitative estimate of drug-likeness (QED) is 0.0639. The molecule has 4 aromatic rings. The second-order valence-electron chi connectivity index (χ2n) is 9.88. The number of esters is 1. The number of thiazole rings is 2. The molecule has 0 unspecified atom stereocenters. The number of hydrogen-bond acceptors (Lipinski definition) is 15. The van der Waals surface area contributed by atoms with Gasteiger partial charge in [0, 0.05) is 47.9 Å². The Morgan fingerprint density at radius 2 is 1.34 bits per heavy atom. The molecule has 47 heavy (non-hydrogen) atoms. The van der Waals surface area contributed by atoms with E-state index in [1.54, 1.807) is 50.9 Å². The average molecular weight is 874 g/mol. The summed E-state index contributed by atoms with van der Waals surface area (Å²) in [6, 6.07) is 0. The van der Waals surface area contributed by atoms with Gasteiger partial charge in [-0.05, 0) is 73.4 Å². The van der Waals surface area contributed by atoms with Gasteiger partial charge in [-0.2, -0.15) is 9.29 Å². The number of rotatable bonds is 5. The molecule has 21 heteroatoms. The number of amides is 1. The summed E-state index contributed by atoms with van der Waals surface area (Å²) in [6.07, 6.45) is 8.13. The Kier molecular flexibility index (Phi) is 26.7. The summed E-state index contributed by atoms with van der Waals surface area (Å²) < 4.78 is 23.8. The zero-order valence-electron chi connectivity index (χ0n) is 27.8. The average Bonchev–Trinajstić information content (AvgIpc) is 3.65. The summed E-state index contributed by atoms with van der Waals surface area (Å²) >= 11 is 9.08. The van der Waals surface area contributed by atoms with Crippen LogP contribution in [-0.4, -0.2) is 59.6 Å². The van der Waals surface area contributed by atoms with E-state index in [-0.39, 0.29) is 129 Å². The van der Waals surface area contributed by atoms with Gasteiger partial charge in [0.2, 0.25) is 11.1 Å². The number of hydrogen-bond donors (Lipinski definition) is 0. The van der Waals surface area contributed by atoms with E-state index in [1.165, 1.54) is 40.0 Å². The summed E-state index contributed by atoms with van der Waals surface area (Å²) in [4.78, 5) is 59.0. The van der Waals surface area contributed by atoms with E-state index < -0.39 is 23.4 Å². The van der Waals surface area contributed by atoms with Gasteiger partial charge in [-0.3, -0.25) is 9.59 Å². The van der Waals surface area contributed by atoms with Crippen molar-refractivity contribution in [1.29, 1.82) is 0 Å². The molecule has 0 aliphatic heterocycles. The number of ether oxygens (including phenoxy) is 2. The Bertz CT molecular complexity index is 1420. The summed E-state index contributed by atoms with van der Waals surface area (Å²) in [5.74, 6) is -0.000139. The van der Waals surface area contributed by atoms with Gasteiger partial charge in [-0.1, -0.05) is 0 Å². The Labute approximate surface area is 382 Å². The van der Waals surface area contributed by atoms with Gasteiger partial charge < -0.3 is 21.0 Å².